The molecule has 5 heteroatoms. The summed E-state index contributed by atoms with van der Waals surface area (Å²) >= 11 is 5.90. The minimum Gasteiger partial charge on any atom is -0.348 e. The first-order chi connectivity index (χ1) is 11.6. The van der Waals surface area contributed by atoms with Crippen LogP contribution in [0, 0.1) is 0 Å². The highest BCUT2D eigenvalue weighted by atomic mass is 35.5. The zero-order valence-corrected chi connectivity index (χ0v) is 14.1. The minimum atomic E-state index is -0.186. The van der Waals surface area contributed by atoms with Crippen LogP contribution in [0.3, 0.4) is 0 Å². The van der Waals surface area contributed by atoms with Crippen molar-refractivity contribution in [1.29, 1.82) is 0 Å². The second kappa shape index (κ2) is 7.49. The van der Waals surface area contributed by atoms with Crippen molar-refractivity contribution in [3.05, 3.63) is 70.2 Å². The lowest BCUT2D eigenvalue weighted by atomic mass is 10.1. The Bertz CT molecular complexity index is 755. The molecule has 0 aliphatic carbocycles. The van der Waals surface area contributed by atoms with E-state index in [-0.39, 0.29) is 11.8 Å². The number of rotatable bonds is 4. The van der Waals surface area contributed by atoms with Gasteiger partial charge in [-0.3, -0.25) is 9.59 Å². The van der Waals surface area contributed by atoms with Crippen LogP contribution in [0.5, 0.6) is 0 Å². The highest BCUT2D eigenvalue weighted by Crippen LogP contribution is 2.15. The van der Waals surface area contributed by atoms with Crippen molar-refractivity contribution in [3.8, 4) is 0 Å². The fourth-order valence-electron chi connectivity index (χ4n) is 2.83. The number of nitrogens with one attached hydrogen (secondary N) is 1. The van der Waals surface area contributed by atoms with Gasteiger partial charge in [-0.25, -0.2) is 0 Å². The van der Waals surface area contributed by atoms with E-state index in [1.807, 2.05) is 29.2 Å². The summed E-state index contributed by atoms with van der Waals surface area (Å²) in [5.41, 5.74) is 2.09. The summed E-state index contributed by atoms with van der Waals surface area (Å²) in [7, 11) is 0. The third-order valence-corrected chi connectivity index (χ3v) is 4.34. The topological polar surface area (TPSA) is 49.4 Å². The molecule has 2 amide bonds. The number of halogens is 1. The predicted molar refractivity (Wildman–Crippen MR) is 94.2 cm³/mol. The highest BCUT2D eigenvalue weighted by molar-refractivity contribution is 6.30. The monoisotopic (exact) mass is 342 g/mol. The molecule has 0 radical (unpaired) electrons. The Morgan fingerprint density at radius 3 is 2.46 bits per heavy atom. The van der Waals surface area contributed by atoms with Gasteiger partial charge in [0.15, 0.2) is 0 Å². The number of benzene rings is 2. The summed E-state index contributed by atoms with van der Waals surface area (Å²) in [6.07, 6.45) is 2.14. The fraction of sp³-hybridized carbons (Fsp3) is 0.263. The van der Waals surface area contributed by atoms with Gasteiger partial charge < -0.3 is 10.2 Å². The molecule has 1 heterocycles. The number of carbonyl (C=O) groups is 2. The van der Waals surface area contributed by atoms with E-state index >= 15 is 0 Å². The molecule has 0 unspecified atom stereocenters. The maximum atomic E-state index is 12.4. The zero-order chi connectivity index (χ0) is 16.9. The molecule has 3 rings (SSSR count). The molecule has 2 aromatic carbocycles. The van der Waals surface area contributed by atoms with Crippen molar-refractivity contribution in [2.45, 2.75) is 19.4 Å². The molecule has 1 fully saturated rings. The number of carbonyl (C=O) groups excluding carboxylic acids is 2. The van der Waals surface area contributed by atoms with E-state index in [0.717, 1.165) is 31.5 Å². The Kier molecular flexibility index (Phi) is 5.16. The number of nitrogens with zero attached hydrogens (tertiary/aromatic N) is 1. The van der Waals surface area contributed by atoms with Crippen LogP contribution in [0.4, 0.5) is 0 Å². The molecule has 1 aliphatic heterocycles. The molecular weight excluding hydrogens is 324 g/mol. The van der Waals surface area contributed by atoms with Gasteiger partial charge in [-0.1, -0.05) is 29.8 Å². The number of hydrogen-bond donors (Lipinski definition) is 1. The first-order valence-electron chi connectivity index (χ1n) is 8.05. The van der Waals surface area contributed by atoms with E-state index in [1.54, 1.807) is 24.3 Å². The molecule has 24 heavy (non-hydrogen) atoms. The van der Waals surface area contributed by atoms with Crippen LogP contribution in [-0.2, 0) is 6.54 Å². The number of hydrogen-bond acceptors (Lipinski definition) is 2. The SMILES string of the molecule is O=C(NCc1cccc(C(=O)N2CCCC2)c1)c1cccc(Cl)c1. The smallest absolute Gasteiger partial charge is 0.253 e. The molecule has 4 nitrogen and oxygen atoms in total. The van der Waals surface area contributed by atoms with Crippen LogP contribution >= 0.6 is 11.6 Å². The summed E-state index contributed by atoms with van der Waals surface area (Å²) in [6, 6.07) is 14.2. The van der Waals surface area contributed by atoms with Gasteiger partial charge in [0, 0.05) is 35.8 Å². The van der Waals surface area contributed by atoms with Crippen LogP contribution in [0.25, 0.3) is 0 Å². The molecule has 0 spiro atoms. The van der Waals surface area contributed by atoms with Gasteiger partial charge in [0.2, 0.25) is 0 Å². The lowest BCUT2D eigenvalue weighted by Gasteiger charge is -2.15. The molecule has 1 N–H and O–H groups in total. The van der Waals surface area contributed by atoms with Crippen molar-refractivity contribution in [1.82, 2.24) is 10.2 Å². The zero-order valence-electron chi connectivity index (χ0n) is 13.3. The fourth-order valence-corrected chi connectivity index (χ4v) is 3.02. The molecule has 124 valence electrons. The predicted octanol–water partition coefficient (Wildman–Crippen LogP) is 3.51. The van der Waals surface area contributed by atoms with Gasteiger partial charge in [-0.05, 0) is 48.7 Å². The summed E-state index contributed by atoms with van der Waals surface area (Å²) in [5.74, 6) is -0.121. The van der Waals surface area contributed by atoms with E-state index in [4.69, 9.17) is 11.6 Å². The van der Waals surface area contributed by atoms with Crippen LogP contribution < -0.4 is 5.32 Å². The Morgan fingerprint density at radius 1 is 1.00 bits per heavy atom. The van der Waals surface area contributed by atoms with Crippen molar-refractivity contribution in [2.75, 3.05) is 13.1 Å². The van der Waals surface area contributed by atoms with Crippen molar-refractivity contribution in [3.63, 3.8) is 0 Å². The maximum Gasteiger partial charge on any atom is 0.253 e. The second-order valence-corrected chi connectivity index (χ2v) is 6.33. The van der Waals surface area contributed by atoms with Gasteiger partial charge in [0.25, 0.3) is 11.8 Å². The van der Waals surface area contributed by atoms with E-state index in [0.29, 0.717) is 22.7 Å². The van der Waals surface area contributed by atoms with Gasteiger partial charge in [-0.15, -0.1) is 0 Å². The lowest BCUT2D eigenvalue weighted by Crippen LogP contribution is -2.28. The first-order valence-corrected chi connectivity index (χ1v) is 8.43. The Labute approximate surface area is 146 Å². The average molecular weight is 343 g/mol. The van der Waals surface area contributed by atoms with Crippen LogP contribution in [0.1, 0.15) is 39.1 Å². The lowest BCUT2D eigenvalue weighted by molar-refractivity contribution is 0.0792. The Balaban J connectivity index is 1.64. The Hall–Kier alpha value is -2.33. The Morgan fingerprint density at radius 2 is 1.71 bits per heavy atom. The normalized spacial score (nSPS) is 13.8. The van der Waals surface area contributed by atoms with Gasteiger partial charge in [0.05, 0.1) is 0 Å². The molecule has 0 saturated carbocycles. The molecule has 2 aromatic rings. The third kappa shape index (κ3) is 3.95. The largest absolute Gasteiger partial charge is 0.348 e. The molecule has 0 bridgehead atoms. The molecule has 1 aliphatic rings. The van der Waals surface area contributed by atoms with Crippen LogP contribution in [0.15, 0.2) is 48.5 Å². The van der Waals surface area contributed by atoms with E-state index in [1.165, 1.54) is 0 Å². The van der Waals surface area contributed by atoms with Gasteiger partial charge >= 0.3 is 0 Å². The molecule has 1 saturated heterocycles. The summed E-state index contributed by atoms with van der Waals surface area (Å²) in [4.78, 5) is 26.5. The summed E-state index contributed by atoms with van der Waals surface area (Å²) in [6.45, 7) is 2.02. The first kappa shape index (κ1) is 16.5. The quantitative estimate of drug-likeness (QED) is 0.924. The van der Waals surface area contributed by atoms with Crippen molar-refractivity contribution >= 4 is 23.4 Å². The number of amides is 2. The van der Waals surface area contributed by atoms with Gasteiger partial charge in [0.1, 0.15) is 0 Å². The molecule has 0 aromatic heterocycles. The molecule has 0 atom stereocenters. The summed E-state index contributed by atoms with van der Waals surface area (Å²) < 4.78 is 0. The van der Waals surface area contributed by atoms with Crippen LogP contribution in [0.2, 0.25) is 5.02 Å². The maximum absolute atomic E-state index is 12.4. The standard InChI is InChI=1S/C19H19ClN2O2/c20-17-8-4-6-15(12-17)18(23)21-13-14-5-3-7-16(11-14)19(24)22-9-1-2-10-22/h3-8,11-12H,1-2,9-10,13H2,(H,21,23). The second-order valence-electron chi connectivity index (χ2n) is 5.89. The number of likely N-dealkylation sites (tertiary alicyclic amines) is 1. The summed E-state index contributed by atoms with van der Waals surface area (Å²) in [5, 5.41) is 3.38. The minimum absolute atomic E-state index is 0.0653. The third-order valence-electron chi connectivity index (χ3n) is 4.11. The van der Waals surface area contributed by atoms with Gasteiger partial charge in [-0.2, -0.15) is 0 Å². The van der Waals surface area contributed by atoms with E-state index in [2.05, 4.69) is 5.32 Å². The van der Waals surface area contributed by atoms with Crippen molar-refractivity contribution < 1.29 is 9.59 Å². The van der Waals surface area contributed by atoms with E-state index < -0.39 is 0 Å². The highest BCUT2D eigenvalue weighted by Gasteiger charge is 2.19. The molecular formula is C19H19ClN2O2. The van der Waals surface area contributed by atoms with Crippen LogP contribution in [-0.4, -0.2) is 29.8 Å². The average Bonchev–Trinajstić information content (AvgIpc) is 3.14. The van der Waals surface area contributed by atoms with E-state index in [9.17, 15) is 9.59 Å². The van der Waals surface area contributed by atoms with Crippen molar-refractivity contribution in [2.24, 2.45) is 0 Å².